The summed E-state index contributed by atoms with van der Waals surface area (Å²) >= 11 is 5.97. The molecule has 1 aromatic carbocycles. The Kier molecular flexibility index (Phi) is 8.35. The first kappa shape index (κ1) is 18.2. The largest absolute Gasteiger partial charge is 0.491 e. The maximum atomic E-state index is 9.10. The van der Waals surface area contributed by atoms with E-state index < -0.39 is 11.9 Å². The second-order valence-electron chi connectivity index (χ2n) is 4.20. The average molecular weight is 304 g/mol. The lowest BCUT2D eigenvalue weighted by atomic mass is 10.2. The van der Waals surface area contributed by atoms with Crippen molar-refractivity contribution in [1.29, 1.82) is 0 Å². The predicted octanol–water partition coefficient (Wildman–Crippen LogP) is 1.74. The number of ether oxygens (including phenoxy) is 1. The van der Waals surface area contributed by atoms with Crippen LogP contribution in [0, 0.1) is 6.92 Å². The molecule has 0 fully saturated rings. The zero-order chi connectivity index (χ0) is 15.7. The summed E-state index contributed by atoms with van der Waals surface area (Å²) in [5, 5.41) is 15.5. The molecule has 0 aromatic heterocycles. The Bertz CT molecular complexity index is 450. The topological polar surface area (TPSA) is 87.1 Å². The van der Waals surface area contributed by atoms with Crippen LogP contribution in [0.3, 0.4) is 0 Å². The summed E-state index contributed by atoms with van der Waals surface area (Å²) < 4.78 is 5.55. The predicted molar refractivity (Wildman–Crippen MR) is 75.5 cm³/mol. The van der Waals surface area contributed by atoms with Gasteiger partial charge in [-0.2, -0.15) is 0 Å². The van der Waals surface area contributed by atoms with E-state index in [4.69, 9.17) is 36.1 Å². The van der Waals surface area contributed by atoms with E-state index in [-0.39, 0.29) is 0 Å². The Morgan fingerprint density at radius 3 is 2.25 bits per heavy atom. The number of hydrogen-bond donors (Lipinski definition) is 2. The molecule has 0 aliphatic rings. The van der Waals surface area contributed by atoms with E-state index in [2.05, 4.69) is 4.90 Å². The molecule has 0 aliphatic heterocycles. The van der Waals surface area contributed by atoms with Gasteiger partial charge in [0.1, 0.15) is 12.4 Å². The maximum absolute atomic E-state index is 9.10. The van der Waals surface area contributed by atoms with Crippen molar-refractivity contribution in [3.8, 4) is 5.75 Å². The smallest absolute Gasteiger partial charge is 0.414 e. The Labute approximate surface area is 122 Å². The number of benzene rings is 1. The van der Waals surface area contributed by atoms with E-state index in [9.17, 15) is 0 Å². The third kappa shape index (κ3) is 8.34. The van der Waals surface area contributed by atoms with E-state index in [1.54, 1.807) is 0 Å². The number of aryl methyl sites for hydroxylation is 1. The van der Waals surface area contributed by atoms with Gasteiger partial charge in [0.2, 0.25) is 0 Å². The molecule has 0 radical (unpaired) electrons. The quantitative estimate of drug-likeness (QED) is 0.824. The minimum Gasteiger partial charge on any atom is -0.491 e. The fourth-order valence-corrected chi connectivity index (χ4v) is 1.23. The van der Waals surface area contributed by atoms with Crippen molar-refractivity contribution < 1.29 is 24.5 Å². The number of rotatable bonds is 4. The number of carboxylic acid groups (broad SMARTS) is 2. The third-order valence-corrected chi connectivity index (χ3v) is 2.38. The Morgan fingerprint density at radius 1 is 1.25 bits per heavy atom. The number of nitrogens with zero attached hydrogens (tertiary/aromatic N) is 1. The number of aliphatic carboxylic acids is 2. The molecule has 112 valence electrons. The molecule has 0 aliphatic carbocycles. The molecule has 1 rings (SSSR count). The monoisotopic (exact) mass is 303 g/mol. The zero-order valence-corrected chi connectivity index (χ0v) is 12.3. The summed E-state index contributed by atoms with van der Waals surface area (Å²) in [7, 11) is 4.03. The lowest BCUT2D eigenvalue weighted by molar-refractivity contribution is -0.159. The van der Waals surface area contributed by atoms with Gasteiger partial charge in [0, 0.05) is 6.54 Å². The molecule has 1 aromatic rings. The summed E-state index contributed by atoms with van der Waals surface area (Å²) in [6, 6.07) is 5.79. The van der Waals surface area contributed by atoms with Crippen LogP contribution < -0.4 is 4.74 Å². The number of carboxylic acids is 2. The van der Waals surface area contributed by atoms with Crippen molar-refractivity contribution in [2.75, 3.05) is 27.2 Å². The highest BCUT2D eigenvalue weighted by atomic mass is 35.5. The Hall–Kier alpha value is -1.79. The first-order chi connectivity index (χ1) is 9.23. The maximum Gasteiger partial charge on any atom is 0.414 e. The lowest BCUT2D eigenvalue weighted by Crippen LogP contribution is -2.19. The summed E-state index contributed by atoms with van der Waals surface area (Å²) in [5.41, 5.74) is 1.16. The zero-order valence-electron chi connectivity index (χ0n) is 11.6. The van der Waals surface area contributed by atoms with E-state index >= 15 is 0 Å². The highest BCUT2D eigenvalue weighted by Crippen LogP contribution is 2.24. The number of carbonyl (C=O) groups is 2. The summed E-state index contributed by atoms with van der Waals surface area (Å²) in [6.07, 6.45) is 0. The van der Waals surface area contributed by atoms with Gasteiger partial charge in [-0.05, 0) is 38.7 Å². The molecule has 6 nitrogen and oxygen atoms in total. The van der Waals surface area contributed by atoms with Gasteiger partial charge < -0.3 is 19.8 Å². The third-order valence-electron chi connectivity index (χ3n) is 2.07. The highest BCUT2D eigenvalue weighted by molar-refractivity contribution is 6.32. The molecule has 0 spiro atoms. The summed E-state index contributed by atoms with van der Waals surface area (Å²) in [6.45, 7) is 3.58. The Morgan fingerprint density at radius 2 is 1.80 bits per heavy atom. The van der Waals surface area contributed by atoms with Crippen LogP contribution in [0.25, 0.3) is 0 Å². The average Bonchev–Trinajstić information content (AvgIpc) is 2.34. The lowest BCUT2D eigenvalue weighted by Gasteiger charge is -2.12. The van der Waals surface area contributed by atoms with Crippen LogP contribution in [0.1, 0.15) is 5.56 Å². The molecule has 0 atom stereocenters. The molecular weight excluding hydrogens is 286 g/mol. The molecule has 0 unspecified atom stereocenters. The first-order valence-corrected chi connectivity index (χ1v) is 6.11. The highest BCUT2D eigenvalue weighted by Gasteiger charge is 2.04. The van der Waals surface area contributed by atoms with E-state index in [1.165, 1.54) is 0 Å². The fourth-order valence-electron chi connectivity index (χ4n) is 1.06. The van der Waals surface area contributed by atoms with E-state index in [0.29, 0.717) is 11.6 Å². The van der Waals surface area contributed by atoms with Gasteiger partial charge in [0.05, 0.1) is 5.02 Å². The van der Waals surface area contributed by atoms with Gasteiger partial charge >= 0.3 is 11.9 Å². The minimum atomic E-state index is -1.82. The molecule has 0 amide bonds. The van der Waals surface area contributed by atoms with Crippen molar-refractivity contribution in [2.45, 2.75) is 6.92 Å². The second-order valence-corrected chi connectivity index (χ2v) is 4.60. The van der Waals surface area contributed by atoms with Crippen molar-refractivity contribution in [2.24, 2.45) is 0 Å². The normalized spacial score (nSPS) is 9.65. The summed E-state index contributed by atoms with van der Waals surface area (Å²) in [5.74, 6) is -2.88. The molecular formula is C13H18ClNO5. The number of hydrogen-bond acceptors (Lipinski definition) is 4. The van der Waals surface area contributed by atoms with Crippen LogP contribution in [0.2, 0.25) is 5.02 Å². The molecule has 0 saturated heterocycles. The van der Waals surface area contributed by atoms with Crippen molar-refractivity contribution in [3.63, 3.8) is 0 Å². The summed E-state index contributed by atoms with van der Waals surface area (Å²) in [4.78, 5) is 20.3. The van der Waals surface area contributed by atoms with Crippen LogP contribution >= 0.6 is 11.6 Å². The van der Waals surface area contributed by atoms with Crippen LogP contribution in [0.5, 0.6) is 5.75 Å². The van der Waals surface area contributed by atoms with Crippen LogP contribution in [-0.4, -0.2) is 54.3 Å². The Balaban J connectivity index is 0.000000511. The first-order valence-electron chi connectivity index (χ1n) is 5.74. The molecule has 0 bridgehead atoms. The van der Waals surface area contributed by atoms with Crippen LogP contribution in [0.4, 0.5) is 0 Å². The minimum absolute atomic E-state index is 0.663. The standard InChI is InChI=1S/C11H16ClNO.C2H2O4/c1-9-4-5-10(12)11(8-9)14-7-6-13(2)3;3-1(4)2(5)6/h4-5,8H,6-7H2,1-3H3;(H,3,4)(H,5,6). The van der Waals surface area contributed by atoms with Crippen LogP contribution in [0.15, 0.2) is 18.2 Å². The van der Waals surface area contributed by atoms with Crippen molar-refractivity contribution in [3.05, 3.63) is 28.8 Å². The van der Waals surface area contributed by atoms with Gasteiger partial charge in [-0.1, -0.05) is 17.7 Å². The van der Waals surface area contributed by atoms with Gasteiger partial charge in [-0.15, -0.1) is 0 Å². The fraction of sp³-hybridized carbons (Fsp3) is 0.385. The van der Waals surface area contributed by atoms with Gasteiger partial charge in [-0.3, -0.25) is 0 Å². The van der Waals surface area contributed by atoms with E-state index in [0.717, 1.165) is 17.9 Å². The molecule has 20 heavy (non-hydrogen) atoms. The van der Waals surface area contributed by atoms with Gasteiger partial charge in [-0.25, -0.2) is 9.59 Å². The number of likely N-dealkylation sites (N-methyl/N-ethyl adjacent to an activating group) is 1. The SMILES string of the molecule is Cc1ccc(Cl)c(OCCN(C)C)c1.O=C(O)C(=O)O. The van der Waals surface area contributed by atoms with Gasteiger partial charge in [0.25, 0.3) is 0 Å². The van der Waals surface area contributed by atoms with Crippen molar-refractivity contribution in [1.82, 2.24) is 4.90 Å². The van der Waals surface area contributed by atoms with Crippen LogP contribution in [-0.2, 0) is 9.59 Å². The van der Waals surface area contributed by atoms with Crippen molar-refractivity contribution >= 4 is 23.5 Å². The van der Waals surface area contributed by atoms with Gasteiger partial charge in [0.15, 0.2) is 0 Å². The molecule has 7 heteroatoms. The molecule has 2 N–H and O–H groups in total. The second kappa shape index (κ2) is 9.17. The molecule has 0 saturated carbocycles. The van der Waals surface area contributed by atoms with E-state index in [1.807, 2.05) is 39.2 Å². The number of halogens is 1. The molecule has 0 heterocycles.